The summed E-state index contributed by atoms with van der Waals surface area (Å²) in [7, 11) is 0. The molecule has 5 rings (SSSR count). The van der Waals surface area contributed by atoms with Crippen molar-refractivity contribution in [3.05, 3.63) is 58.8 Å². The van der Waals surface area contributed by atoms with Crippen LogP contribution < -0.4 is 10.6 Å². The second kappa shape index (κ2) is 11.4. The van der Waals surface area contributed by atoms with Crippen LogP contribution in [0.2, 0.25) is 0 Å². The molecule has 0 spiro atoms. The molecule has 1 aromatic carbocycles. The van der Waals surface area contributed by atoms with Crippen LogP contribution in [0.15, 0.2) is 36.4 Å². The summed E-state index contributed by atoms with van der Waals surface area (Å²) in [4.78, 5) is 32.0. The van der Waals surface area contributed by atoms with E-state index in [0.717, 1.165) is 75.4 Å². The number of carboxylic acids is 1. The number of pyridine rings is 1. The van der Waals surface area contributed by atoms with Gasteiger partial charge in [0.25, 0.3) is 0 Å². The molecular formula is C29H38N4O3. The highest BCUT2D eigenvalue weighted by atomic mass is 16.4. The number of aromatic nitrogens is 1. The van der Waals surface area contributed by atoms with Crippen LogP contribution in [0.3, 0.4) is 0 Å². The number of aryl methyl sites for hydroxylation is 2. The maximum absolute atomic E-state index is 12.9. The first-order chi connectivity index (χ1) is 17.6. The summed E-state index contributed by atoms with van der Waals surface area (Å²) in [6.07, 6.45) is 8.50. The minimum absolute atomic E-state index is 0.0250. The molecule has 7 heteroatoms. The van der Waals surface area contributed by atoms with Gasteiger partial charge in [0.1, 0.15) is 5.82 Å². The van der Waals surface area contributed by atoms with Gasteiger partial charge in [0, 0.05) is 25.3 Å². The number of rotatable bonds is 10. The van der Waals surface area contributed by atoms with Gasteiger partial charge in [0.15, 0.2) is 0 Å². The van der Waals surface area contributed by atoms with Crippen LogP contribution in [-0.4, -0.2) is 59.6 Å². The molecule has 0 unspecified atom stereocenters. The van der Waals surface area contributed by atoms with Crippen LogP contribution in [0, 0.1) is 5.92 Å². The van der Waals surface area contributed by atoms with Gasteiger partial charge in [0.2, 0.25) is 5.91 Å². The first-order valence-corrected chi connectivity index (χ1v) is 13.6. The second-order valence-electron chi connectivity index (χ2n) is 10.7. The Morgan fingerprint density at radius 3 is 2.72 bits per heavy atom. The summed E-state index contributed by atoms with van der Waals surface area (Å²) in [6, 6.07) is 12.3. The smallest absolute Gasteiger partial charge is 0.312 e. The molecule has 1 saturated carbocycles. The number of nitrogens with one attached hydrogen (secondary N) is 2. The SMILES string of the molecule is O=C(NC[C@@H](C(=O)O)c1ccc(C2CC2)cc1)[C@@H]1CCCN(CCCc2ccc3c(n2)NCCC3)C1. The molecule has 3 heterocycles. The highest BCUT2D eigenvalue weighted by molar-refractivity contribution is 5.81. The fourth-order valence-corrected chi connectivity index (χ4v) is 5.58. The highest BCUT2D eigenvalue weighted by Gasteiger charge is 2.28. The predicted molar refractivity (Wildman–Crippen MR) is 140 cm³/mol. The number of carbonyl (C=O) groups is 2. The number of hydrogen-bond donors (Lipinski definition) is 3. The number of piperidine rings is 1. The molecular weight excluding hydrogens is 452 g/mol. The Hall–Kier alpha value is -2.93. The first-order valence-electron chi connectivity index (χ1n) is 13.6. The van der Waals surface area contributed by atoms with E-state index in [1.54, 1.807) is 0 Å². The molecule has 2 fully saturated rings. The van der Waals surface area contributed by atoms with Gasteiger partial charge in [0.05, 0.1) is 11.8 Å². The normalized spacial score (nSPS) is 20.7. The minimum atomic E-state index is -0.897. The van der Waals surface area contributed by atoms with Gasteiger partial charge in [-0.15, -0.1) is 0 Å². The molecule has 1 aromatic heterocycles. The number of carboxylic acid groups (broad SMARTS) is 1. The third-order valence-electron chi connectivity index (χ3n) is 7.90. The molecule has 2 aromatic rings. The maximum Gasteiger partial charge on any atom is 0.312 e. The van der Waals surface area contributed by atoms with Crippen molar-refractivity contribution in [2.45, 2.75) is 63.2 Å². The monoisotopic (exact) mass is 490 g/mol. The molecule has 3 aliphatic rings. The Morgan fingerprint density at radius 1 is 1.11 bits per heavy atom. The van der Waals surface area contributed by atoms with Crippen LogP contribution in [0.4, 0.5) is 5.82 Å². The van der Waals surface area contributed by atoms with Crippen molar-refractivity contribution in [3.8, 4) is 0 Å². The molecule has 2 aliphatic heterocycles. The van der Waals surface area contributed by atoms with Crippen molar-refractivity contribution in [2.24, 2.45) is 5.92 Å². The van der Waals surface area contributed by atoms with Crippen molar-refractivity contribution in [3.63, 3.8) is 0 Å². The minimum Gasteiger partial charge on any atom is -0.481 e. The Balaban J connectivity index is 1.08. The van der Waals surface area contributed by atoms with Crippen LogP contribution in [0.25, 0.3) is 0 Å². The molecule has 1 aliphatic carbocycles. The lowest BCUT2D eigenvalue weighted by Gasteiger charge is -2.32. The largest absolute Gasteiger partial charge is 0.481 e. The van der Waals surface area contributed by atoms with Gasteiger partial charge < -0.3 is 20.6 Å². The number of aliphatic carboxylic acids is 1. The van der Waals surface area contributed by atoms with Crippen molar-refractivity contribution in [1.82, 2.24) is 15.2 Å². The van der Waals surface area contributed by atoms with Gasteiger partial charge in [-0.2, -0.15) is 0 Å². The average Bonchev–Trinajstić information content (AvgIpc) is 3.75. The first kappa shape index (κ1) is 24.8. The number of likely N-dealkylation sites (tertiary alicyclic amines) is 1. The lowest BCUT2D eigenvalue weighted by Crippen LogP contribution is -2.44. The predicted octanol–water partition coefficient (Wildman–Crippen LogP) is 3.95. The van der Waals surface area contributed by atoms with Gasteiger partial charge in [-0.25, -0.2) is 4.98 Å². The molecule has 0 radical (unpaired) electrons. The van der Waals surface area contributed by atoms with E-state index in [1.165, 1.54) is 30.4 Å². The van der Waals surface area contributed by atoms with Gasteiger partial charge >= 0.3 is 5.97 Å². The number of amides is 1. The molecule has 7 nitrogen and oxygen atoms in total. The fourth-order valence-electron chi connectivity index (χ4n) is 5.58. The average molecular weight is 491 g/mol. The molecule has 3 N–H and O–H groups in total. The van der Waals surface area contributed by atoms with Crippen molar-refractivity contribution >= 4 is 17.7 Å². The molecule has 2 atom stereocenters. The zero-order valence-corrected chi connectivity index (χ0v) is 21.0. The molecule has 0 bridgehead atoms. The van der Waals surface area contributed by atoms with Crippen LogP contribution in [0.1, 0.15) is 72.7 Å². The molecule has 192 valence electrons. The van der Waals surface area contributed by atoms with Gasteiger partial charge in [-0.05, 0) is 93.1 Å². The van der Waals surface area contributed by atoms with E-state index in [4.69, 9.17) is 4.98 Å². The van der Waals surface area contributed by atoms with Gasteiger partial charge in [-0.1, -0.05) is 30.3 Å². The number of nitrogens with zero attached hydrogens (tertiary/aromatic N) is 2. The van der Waals surface area contributed by atoms with Crippen molar-refractivity contribution < 1.29 is 14.7 Å². The lowest BCUT2D eigenvalue weighted by atomic mass is 9.95. The summed E-state index contributed by atoms with van der Waals surface area (Å²) >= 11 is 0. The Kier molecular flexibility index (Phi) is 7.85. The molecule has 1 amide bonds. The molecule has 1 saturated heterocycles. The third-order valence-corrected chi connectivity index (χ3v) is 7.90. The van der Waals surface area contributed by atoms with E-state index in [9.17, 15) is 14.7 Å². The number of carbonyl (C=O) groups excluding carboxylic acids is 1. The number of benzene rings is 1. The standard InChI is InChI=1S/C29H38N4O3/c34-28(31-18-26(29(35)36)22-11-9-21(10-12-22)20-7-8-20)24-5-2-16-33(19-24)17-3-6-25-14-13-23-4-1-15-30-27(23)32-25/h9-14,20,24,26H,1-8,15-19H2,(H,30,32)(H,31,34)(H,35,36)/t24-,26-/m1/s1. The zero-order valence-electron chi connectivity index (χ0n) is 21.0. The fraction of sp³-hybridized carbons (Fsp3) is 0.552. The number of fused-ring (bicyclic) bond motifs is 1. The van der Waals surface area contributed by atoms with E-state index < -0.39 is 11.9 Å². The van der Waals surface area contributed by atoms with E-state index in [-0.39, 0.29) is 18.4 Å². The van der Waals surface area contributed by atoms with Gasteiger partial charge in [-0.3, -0.25) is 9.59 Å². The summed E-state index contributed by atoms with van der Waals surface area (Å²) in [5.41, 5.74) is 4.48. The Bertz CT molecular complexity index is 1070. The highest BCUT2D eigenvalue weighted by Crippen LogP contribution is 2.40. The number of hydrogen-bond acceptors (Lipinski definition) is 5. The summed E-state index contributed by atoms with van der Waals surface area (Å²) < 4.78 is 0. The van der Waals surface area contributed by atoms with Crippen LogP contribution in [-0.2, 0) is 22.4 Å². The summed E-state index contributed by atoms with van der Waals surface area (Å²) in [5, 5.41) is 16.1. The van der Waals surface area contributed by atoms with E-state index in [2.05, 4.69) is 27.7 Å². The van der Waals surface area contributed by atoms with Crippen LogP contribution in [0.5, 0.6) is 0 Å². The Labute approximate surface area is 213 Å². The van der Waals surface area contributed by atoms with E-state index in [0.29, 0.717) is 5.92 Å². The molecule has 36 heavy (non-hydrogen) atoms. The Morgan fingerprint density at radius 2 is 1.94 bits per heavy atom. The number of anilines is 1. The quantitative estimate of drug-likeness (QED) is 0.467. The topological polar surface area (TPSA) is 94.6 Å². The third kappa shape index (κ3) is 6.25. The maximum atomic E-state index is 12.9. The zero-order chi connectivity index (χ0) is 24.9. The summed E-state index contributed by atoms with van der Waals surface area (Å²) in [5.74, 6) is -0.0414. The van der Waals surface area contributed by atoms with E-state index >= 15 is 0 Å². The van der Waals surface area contributed by atoms with Crippen molar-refractivity contribution in [1.29, 1.82) is 0 Å². The lowest BCUT2D eigenvalue weighted by molar-refractivity contribution is -0.138. The summed E-state index contributed by atoms with van der Waals surface area (Å²) in [6.45, 7) is 3.82. The van der Waals surface area contributed by atoms with Crippen LogP contribution >= 0.6 is 0 Å². The van der Waals surface area contributed by atoms with E-state index in [1.807, 2.05) is 24.3 Å². The second-order valence-corrected chi connectivity index (χ2v) is 10.7. The van der Waals surface area contributed by atoms with Crippen molar-refractivity contribution in [2.75, 3.05) is 38.0 Å².